The maximum atomic E-state index is 2.47. The molecule has 10 rings (SSSR count). The predicted octanol–water partition coefficient (Wildman–Crippen LogP) is 17.9. The van der Waals surface area contributed by atoms with Crippen LogP contribution < -0.4 is 14.7 Å². The van der Waals surface area contributed by atoms with Crippen molar-refractivity contribution in [3.63, 3.8) is 0 Å². The Morgan fingerprint density at radius 2 is 0.662 bits per heavy atom. The molecule has 1 aliphatic heterocycles. The largest absolute Gasteiger partial charge is 0.310 e. The Kier molecular flexibility index (Phi) is 11.4. The molecule has 3 nitrogen and oxygen atoms in total. The lowest BCUT2D eigenvalue weighted by molar-refractivity contribution is 0.730. The van der Waals surface area contributed by atoms with Crippen LogP contribution in [0.3, 0.4) is 0 Å². The zero-order valence-corrected chi connectivity index (χ0v) is 41.2. The number of hydrogen-bond acceptors (Lipinski definition) is 3. The zero-order chi connectivity index (χ0) is 47.4. The molecule has 0 fully saturated rings. The fraction of sp³-hybridized carbons (Fsp3) is 0.169. The lowest BCUT2D eigenvalue weighted by Gasteiger charge is -2.47. The summed E-state index contributed by atoms with van der Waals surface area (Å²) in [5, 5.41) is 0. The molecule has 0 atom stereocenters. The van der Waals surface area contributed by atoms with E-state index < -0.39 is 5.41 Å². The summed E-state index contributed by atoms with van der Waals surface area (Å²) in [6.45, 7) is 22.0. The van der Waals surface area contributed by atoms with Gasteiger partial charge in [-0.05, 0) is 209 Å². The van der Waals surface area contributed by atoms with Gasteiger partial charge in [0.25, 0.3) is 0 Å². The van der Waals surface area contributed by atoms with Gasteiger partial charge in [-0.25, -0.2) is 0 Å². The first kappa shape index (κ1) is 44.2. The van der Waals surface area contributed by atoms with E-state index in [1.807, 2.05) is 0 Å². The quantitative estimate of drug-likeness (QED) is 0.143. The molecule has 336 valence electrons. The number of hydrogen-bond donors (Lipinski definition) is 0. The Labute approximate surface area is 404 Å². The molecule has 0 spiro atoms. The number of nitrogens with zero attached hydrogens (tertiary/aromatic N) is 3. The maximum Gasteiger partial charge on any atom is 0.0742 e. The van der Waals surface area contributed by atoms with Gasteiger partial charge in [-0.2, -0.15) is 0 Å². The van der Waals surface area contributed by atoms with Gasteiger partial charge in [0.1, 0.15) is 0 Å². The zero-order valence-electron chi connectivity index (χ0n) is 41.2. The third-order valence-electron chi connectivity index (χ3n) is 14.2. The molecule has 0 N–H and O–H groups in total. The van der Waals surface area contributed by atoms with Gasteiger partial charge in [0.05, 0.1) is 16.8 Å². The standard InChI is InChI=1S/C65H61N3/c1-42-19-30-54(31-20-42)66-59-14-12-11-13-57(59)65(58-37-43(2)21-36-60(58)66,52-26-32-55(33-27-52)67(61-38-44(3)15-22-48(61)7)62-39-45(4)16-23-49(62)8)53-28-34-56(35-29-53)68(63-40-46(5)17-24-50(63)9)64-41-47(6)18-25-51(64)10/h11-41H,1-10H3. The van der Waals surface area contributed by atoms with Crippen molar-refractivity contribution < 1.29 is 0 Å². The first-order valence-electron chi connectivity index (χ1n) is 24.0. The summed E-state index contributed by atoms with van der Waals surface area (Å²) in [5.41, 5.74) is 27.0. The molecule has 0 amide bonds. The molecule has 1 aliphatic rings. The van der Waals surface area contributed by atoms with Crippen LogP contribution in [0.4, 0.5) is 51.2 Å². The van der Waals surface area contributed by atoms with Gasteiger partial charge in [-0.15, -0.1) is 0 Å². The average Bonchev–Trinajstić information content (AvgIpc) is 3.34. The van der Waals surface area contributed by atoms with Crippen LogP contribution in [0.15, 0.2) is 188 Å². The normalized spacial score (nSPS) is 12.6. The topological polar surface area (TPSA) is 9.72 Å². The smallest absolute Gasteiger partial charge is 0.0742 e. The highest BCUT2D eigenvalue weighted by atomic mass is 15.2. The van der Waals surface area contributed by atoms with E-state index in [1.54, 1.807) is 0 Å². The van der Waals surface area contributed by atoms with Gasteiger partial charge >= 0.3 is 0 Å². The summed E-state index contributed by atoms with van der Waals surface area (Å²) in [5.74, 6) is 0. The van der Waals surface area contributed by atoms with E-state index in [9.17, 15) is 0 Å². The van der Waals surface area contributed by atoms with Crippen LogP contribution in [-0.2, 0) is 5.41 Å². The number of rotatable bonds is 9. The van der Waals surface area contributed by atoms with E-state index in [4.69, 9.17) is 0 Å². The van der Waals surface area contributed by atoms with Gasteiger partial charge in [0.15, 0.2) is 0 Å². The summed E-state index contributed by atoms with van der Waals surface area (Å²) in [6.07, 6.45) is 0. The minimum atomic E-state index is -0.692. The molecule has 9 aromatic carbocycles. The molecule has 0 saturated heterocycles. The van der Waals surface area contributed by atoms with Gasteiger partial charge < -0.3 is 14.7 Å². The minimum absolute atomic E-state index is 0.692. The summed E-state index contributed by atoms with van der Waals surface area (Å²) in [7, 11) is 0. The van der Waals surface area contributed by atoms with Gasteiger partial charge in [0.2, 0.25) is 0 Å². The van der Waals surface area contributed by atoms with Gasteiger partial charge in [-0.3, -0.25) is 0 Å². The number of fused-ring (bicyclic) bond motifs is 2. The molecule has 9 aromatic rings. The Morgan fingerprint density at radius 1 is 0.309 bits per heavy atom. The third kappa shape index (κ3) is 7.66. The Hall–Kier alpha value is -7.62. The molecule has 0 radical (unpaired) electrons. The van der Waals surface area contributed by atoms with E-state index in [0.717, 1.165) is 17.1 Å². The van der Waals surface area contributed by atoms with Crippen molar-refractivity contribution in [1.82, 2.24) is 0 Å². The first-order valence-corrected chi connectivity index (χ1v) is 24.0. The van der Waals surface area contributed by atoms with Crippen molar-refractivity contribution in [3.8, 4) is 0 Å². The number of aryl methyl sites for hydroxylation is 10. The molecule has 3 heteroatoms. The van der Waals surface area contributed by atoms with Crippen molar-refractivity contribution in [3.05, 3.63) is 266 Å². The lowest BCUT2D eigenvalue weighted by Crippen LogP contribution is -2.38. The summed E-state index contributed by atoms with van der Waals surface area (Å²) >= 11 is 0. The fourth-order valence-electron chi connectivity index (χ4n) is 10.5. The SMILES string of the molecule is Cc1ccc(N2c3ccccc3C(c3ccc(N(c4cc(C)ccc4C)c4cc(C)ccc4C)cc3)(c3ccc(N(c4cc(C)ccc4C)c4cc(C)ccc4C)cc3)c3cc(C)ccc32)cc1. The van der Waals surface area contributed by atoms with E-state index in [0.29, 0.717) is 0 Å². The van der Waals surface area contributed by atoms with Crippen LogP contribution in [0.25, 0.3) is 0 Å². The van der Waals surface area contributed by atoms with Crippen molar-refractivity contribution >= 4 is 51.2 Å². The maximum absolute atomic E-state index is 2.47. The molecule has 0 aromatic heterocycles. The number of benzene rings is 9. The number of para-hydroxylation sites is 1. The highest BCUT2D eigenvalue weighted by molar-refractivity contribution is 5.91. The van der Waals surface area contributed by atoms with Crippen LogP contribution in [0, 0.1) is 69.2 Å². The second-order valence-electron chi connectivity index (χ2n) is 19.4. The molecule has 1 heterocycles. The summed E-state index contributed by atoms with van der Waals surface area (Å²) < 4.78 is 0. The van der Waals surface area contributed by atoms with E-state index in [2.05, 4.69) is 272 Å². The van der Waals surface area contributed by atoms with E-state index >= 15 is 0 Å². The molecule has 0 aliphatic carbocycles. The van der Waals surface area contributed by atoms with Crippen LogP contribution in [0.1, 0.15) is 77.9 Å². The van der Waals surface area contributed by atoms with Crippen LogP contribution in [-0.4, -0.2) is 0 Å². The monoisotopic (exact) mass is 883 g/mol. The second kappa shape index (κ2) is 17.6. The molecular formula is C65H61N3. The van der Waals surface area contributed by atoms with Crippen molar-refractivity contribution in [2.24, 2.45) is 0 Å². The van der Waals surface area contributed by atoms with E-state index in [-0.39, 0.29) is 0 Å². The summed E-state index contributed by atoms with van der Waals surface area (Å²) in [4.78, 5) is 7.38. The predicted molar refractivity (Wildman–Crippen MR) is 290 cm³/mol. The number of anilines is 9. The van der Waals surface area contributed by atoms with Crippen molar-refractivity contribution in [1.29, 1.82) is 0 Å². The Bertz CT molecular complexity index is 3090. The van der Waals surface area contributed by atoms with Crippen LogP contribution >= 0.6 is 0 Å². The third-order valence-corrected chi connectivity index (χ3v) is 14.2. The van der Waals surface area contributed by atoms with Crippen LogP contribution in [0.5, 0.6) is 0 Å². The average molecular weight is 884 g/mol. The minimum Gasteiger partial charge on any atom is -0.310 e. The highest BCUT2D eigenvalue weighted by Crippen LogP contribution is 2.58. The second-order valence-corrected chi connectivity index (χ2v) is 19.4. The van der Waals surface area contributed by atoms with Gasteiger partial charge in [0, 0.05) is 39.8 Å². The molecule has 0 unspecified atom stereocenters. The molecule has 68 heavy (non-hydrogen) atoms. The van der Waals surface area contributed by atoms with Crippen molar-refractivity contribution in [2.75, 3.05) is 14.7 Å². The molecule has 0 bridgehead atoms. The Morgan fingerprint density at radius 3 is 1.09 bits per heavy atom. The molecular weight excluding hydrogens is 823 g/mol. The van der Waals surface area contributed by atoms with E-state index in [1.165, 1.54) is 112 Å². The lowest BCUT2D eigenvalue weighted by atomic mass is 9.62. The fourth-order valence-corrected chi connectivity index (χ4v) is 10.5. The highest BCUT2D eigenvalue weighted by Gasteiger charge is 2.46. The van der Waals surface area contributed by atoms with Crippen LogP contribution in [0.2, 0.25) is 0 Å². The Balaban J connectivity index is 1.24. The van der Waals surface area contributed by atoms with Gasteiger partial charge in [-0.1, -0.05) is 126 Å². The first-order chi connectivity index (χ1) is 32.8. The van der Waals surface area contributed by atoms with Crippen molar-refractivity contribution in [2.45, 2.75) is 74.7 Å². The molecule has 0 saturated carbocycles. The summed E-state index contributed by atoms with van der Waals surface area (Å²) in [6, 6.07) is 71.2.